The van der Waals surface area contributed by atoms with Gasteiger partial charge in [0.05, 0.1) is 12.6 Å². The summed E-state index contributed by atoms with van der Waals surface area (Å²) in [7, 11) is 0. The van der Waals surface area contributed by atoms with Crippen molar-refractivity contribution in [1.82, 2.24) is 10.3 Å². The van der Waals surface area contributed by atoms with Crippen molar-refractivity contribution in [2.24, 2.45) is 0 Å². The Morgan fingerprint density at radius 1 is 1.50 bits per heavy atom. The van der Waals surface area contributed by atoms with Crippen LogP contribution in [0.4, 0.5) is 5.82 Å². The topological polar surface area (TPSA) is 80.3 Å². The number of aromatic nitrogens is 1. The lowest BCUT2D eigenvalue weighted by Crippen LogP contribution is -2.35. The molecule has 2 amide bonds. The Labute approximate surface area is 105 Å². The van der Waals surface area contributed by atoms with E-state index in [0.717, 1.165) is 6.42 Å². The average Bonchev–Trinajstić information content (AvgIpc) is 2.81. The number of carbonyl (C=O) groups excluding carboxylic acids is 2. The molecule has 18 heavy (non-hydrogen) atoms. The van der Waals surface area contributed by atoms with Crippen LogP contribution >= 0.6 is 0 Å². The number of hydrogen-bond donors (Lipinski definition) is 2. The third kappa shape index (κ3) is 3.27. The van der Waals surface area contributed by atoms with Gasteiger partial charge in [-0.1, -0.05) is 0 Å². The molecule has 0 radical (unpaired) electrons. The van der Waals surface area contributed by atoms with Crippen molar-refractivity contribution < 1.29 is 14.3 Å². The molecule has 96 valence electrons. The summed E-state index contributed by atoms with van der Waals surface area (Å²) in [6, 6.07) is 3.22. The molecule has 6 nitrogen and oxygen atoms in total. The molecule has 0 spiro atoms. The van der Waals surface area contributed by atoms with E-state index in [1.165, 1.54) is 13.1 Å². The Balaban J connectivity index is 2.02. The maximum Gasteiger partial charge on any atom is 0.251 e. The zero-order chi connectivity index (χ0) is 13.0. The molecule has 0 saturated carbocycles. The standard InChI is InChI=1S/C12H15N3O3/c1-8(16)14-11-6-9(2-4-13-11)12(17)15-10-3-5-18-7-10/h2,4,6,10H,3,5,7H2,1H3,(H,15,17)(H,13,14,16)/t10-/m0/s1. The predicted molar refractivity (Wildman–Crippen MR) is 65.2 cm³/mol. The molecule has 0 aromatic carbocycles. The molecule has 1 aliphatic heterocycles. The third-order valence-corrected chi connectivity index (χ3v) is 2.59. The van der Waals surface area contributed by atoms with Crippen molar-refractivity contribution in [2.45, 2.75) is 19.4 Å². The van der Waals surface area contributed by atoms with Gasteiger partial charge in [-0.2, -0.15) is 0 Å². The number of hydrogen-bond acceptors (Lipinski definition) is 4. The van der Waals surface area contributed by atoms with E-state index in [-0.39, 0.29) is 17.9 Å². The number of carbonyl (C=O) groups is 2. The lowest BCUT2D eigenvalue weighted by molar-refractivity contribution is -0.114. The highest BCUT2D eigenvalue weighted by molar-refractivity contribution is 5.96. The molecule has 6 heteroatoms. The minimum atomic E-state index is -0.218. The highest BCUT2D eigenvalue weighted by Crippen LogP contribution is 2.09. The number of rotatable bonds is 3. The molecule has 1 aliphatic rings. The van der Waals surface area contributed by atoms with E-state index in [1.807, 2.05) is 0 Å². The SMILES string of the molecule is CC(=O)Nc1cc(C(=O)N[C@H]2CCOC2)ccn1. The first-order valence-corrected chi connectivity index (χ1v) is 5.77. The lowest BCUT2D eigenvalue weighted by Gasteiger charge is -2.11. The molecule has 0 bridgehead atoms. The molecule has 0 aliphatic carbocycles. The smallest absolute Gasteiger partial charge is 0.251 e. The monoisotopic (exact) mass is 249 g/mol. The Bertz CT molecular complexity index is 456. The van der Waals surface area contributed by atoms with Crippen molar-refractivity contribution in [3.05, 3.63) is 23.9 Å². The van der Waals surface area contributed by atoms with Gasteiger partial charge in [-0.05, 0) is 18.6 Å². The Kier molecular flexibility index (Phi) is 3.88. The van der Waals surface area contributed by atoms with E-state index < -0.39 is 0 Å². The molecule has 1 aromatic rings. The highest BCUT2D eigenvalue weighted by Gasteiger charge is 2.18. The van der Waals surface area contributed by atoms with Gasteiger partial charge in [0.25, 0.3) is 5.91 Å². The average molecular weight is 249 g/mol. The number of anilines is 1. The van der Waals surface area contributed by atoms with Gasteiger partial charge in [-0.15, -0.1) is 0 Å². The van der Waals surface area contributed by atoms with Gasteiger partial charge in [0.15, 0.2) is 0 Å². The first-order chi connectivity index (χ1) is 8.65. The molecule has 1 saturated heterocycles. The highest BCUT2D eigenvalue weighted by atomic mass is 16.5. The molecule has 1 atom stereocenters. The van der Waals surface area contributed by atoms with Gasteiger partial charge in [0.2, 0.25) is 5.91 Å². The van der Waals surface area contributed by atoms with E-state index in [0.29, 0.717) is 24.6 Å². The van der Waals surface area contributed by atoms with E-state index >= 15 is 0 Å². The van der Waals surface area contributed by atoms with Crippen LogP contribution in [0.1, 0.15) is 23.7 Å². The van der Waals surface area contributed by atoms with Crippen molar-refractivity contribution in [2.75, 3.05) is 18.5 Å². The van der Waals surface area contributed by atoms with Gasteiger partial charge in [0.1, 0.15) is 5.82 Å². The molecule has 2 N–H and O–H groups in total. The van der Waals surface area contributed by atoms with Crippen molar-refractivity contribution in [1.29, 1.82) is 0 Å². The fourth-order valence-electron chi connectivity index (χ4n) is 1.74. The quantitative estimate of drug-likeness (QED) is 0.820. The van der Waals surface area contributed by atoms with Gasteiger partial charge in [0, 0.05) is 25.3 Å². The minimum Gasteiger partial charge on any atom is -0.379 e. The third-order valence-electron chi connectivity index (χ3n) is 2.59. The summed E-state index contributed by atoms with van der Waals surface area (Å²) < 4.78 is 5.19. The van der Waals surface area contributed by atoms with Crippen LogP contribution in [0.15, 0.2) is 18.3 Å². The number of amides is 2. The van der Waals surface area contributed by atoms with Crippen LogP contribution in [0.5, 0.6) is 0 Å². The molecule has 2 rings (SSSR count). The molecule has 0 unspecified atom stereocenters. The van der Waals surface area contributed by atoms with Crippen LogP contribution in [0.2, 0.25) is 0 Å². The van der Waals surface area contributed by atoms with E-state index in [2.05, 4.69) is 15.6 Å². The number of nitrogens with zero attached hydrogens (tertiary/aromatic N) is 1. The summed E-state index contributed by atoms with van der Waals surface area (Å²) in [5, 5.41) is 5.41. The summed E-state index contributed by atoms with van der Waals surface area (Å²) in [5.41, 5.74) is 0.473. The van der Waals surface area contributed by atoms with Crippen LogP contribution in [0.25, 0.3) is 0 Å². The van der Waals surface area contributed by atoms with E-state index in [9.17, 15) is 9.59 Å². The zero-order valence-electron chi connectivity index (χ0n) is 10.1. The normalized spacial score (nSPS) is 18.4. The Morgan fingerprint density at radius 3 is 3.00 bits per heavy atom. The van der Waals surface area contributed by atoms with Crippen molar-refractivity contribution in [3.63, 3.8) is 0 Å². The second-order valence-electron chi connectivity index (χ2n) is 4.14. The van der Waals surface area contributed by atoms with Crippen LogP contribution in [0.3, 0.4) is 0 Å². The summed E-state index contributed by atoms with van der Waals surface area (Å²) in [4.78, 5) is 26.8. The van der Waals surface area contributed by atoms with Gasteiger partial charge in [-0.3, -0.25) is 9.59 Å². The second-order valence-corrected chi connectivity index (χ2v) is 4.14. The summed E-state index contributed by atoms with van der Waals surface area (Å²) in [6.07, 6.45) is 2.32. The van der Waals surface area contributed by atoms with Gasteiger partial charge in [-0.25, -0.2) is 4.98 Å². The van der Waals surface area contributed by atoms with Gasteiger partial charge >= 0.3 is 0 Å². The Hall–Kier alpha value is -1.95. The molecular weight excluding hydrogens is 234 g/mol. The number of pyridine rings is 1. The van der Waals surface area contributed by atoms with Crippen molar-refractivity contribution >= 4 is 17.6 Å². The minimum absolute atomic E-state index is 0.0647. The fraction of sp³-hybridized carbons (Fsp3) is 0.417. The number of nitrogens with one attached hydrogen (secondary N) is 2. The first kappa shape index (κ1) is 12.5. The Morgan fingerprint density at radius 2 is 2.33 bits per heavy atom. The molecular formula is C12H15N3O3. The largest absolute Gasteiger partial charge is 0.379 e. The maximum atomic E-state index is 11.9. The van der Waals surface area contributed by atoms with Crippen molar-refractivity contribution in [3.8, 4) is 0 Å². The van der Waals surface area contributed by atoms with E-state index in [1.54, 1.807) is 12.1 Å². The zero-order valence-corrected chi connectivity index (χ0v) is 10.1. The van der Waals surface area contributed by atoms with Crippen LogP contribution in [0, 0.1) is 0 Å². The predicted octanol–water partition coefficient (Wildman–Crippen LogP) is 0.559. The fourth-order valence-corrected chi connectivity index (χ4v) is 1.74. The van der Waals surface area contributed by atoms with Crippen LogP contribution in [-0.2, 0) is 9.53 Å². The summed E-state index contributed by atoms with van der Waals surface area (Å²) in [5.74, 6) is -0.0263. The maximum absolute atomic E-state index is 11.9. The molecule has 1 fully saturated rings. The first-order valence-electron chi connectivity index (χ1n) is 5.77. The van der Waals surface area contributed by atoms with E-state index in [4.69, 9.17) is 4.74 Å². The second kappa shape index (κ2) is 5.59. The molecule has 2 heterocycles. The summed E-state index contributed by atoms with van der Waals surface area (Å²) >= 11 is 0. The van der Waals surface area contributed by atoms with Crippen LogP contribution in [-0.4, -0.2) is 36.1 Å². The lowest BCUT2D eigenvalue weighted by atomic mass is 10.2. The summed E-state index contributed by atoms with van der Waals surface area (Å²) in [6.45, 7) is 2.62. The molecule has 1 aromatic heterocycles. The van der Waals surface area contributed by atoms with Crippen LogP contribution < -0.4 is 10.6 Å². The van der Waals surface area contributed by atoms with Gasteiger partial charge < -0.3 is 15.4 Å². The number of ether oxygens (including phenoxy) is 1.